The van der Waals surface area contributed by atoms with Crippen molar-refractivity contribution in [3.05, 3.63) is 23.8 Å². The minimum absolute atomic E-state index is 0.0272. The van der Waals surface area contributed by atoms with E-state index in [2.05, 4.69) is 5.32 Å². The van der Waals surface area contributed by atoms with E-state index >= 15 is 0 Å². The Labute approximate surface area is 111 Å². The molecule has 6 heteroatoms. The van der Waals surface area contributed by atoms with E-state index in [1.54, 1.807) is 25.3 Å². The van der Waals surface area contributed by atoms with E-state index in [4.69, 9.17) is 10.5 Å². The van der Waals surface area contributed by atoms with Gasteiger partial charge in [-0.25, -0.2) is 0 Å². The fourth-order valence-corrected chi connectivity index (χ4v) is 2.07. The van der Waals surface area contributed by atoms with Crippen molar-refractivity contribution in [3.8, 4) is 0 Å². The second-order valence-electron chi connectivity index (χ2n) is 4.39. The lowest BCUT2D eigenvalue weighted by Gasteiger charge is -2.17. The molecule has 0 bridgehead atoms. The minimum Gasteiger partial charge on any atom is -0.399 e. The standard InChI is InChI=1S/C13H17N3O3/c1-19-5-4-15-12(17)8-16-11-3-2-10(14)6-9(11)7-13(16)18/h2-3,6H,4-5,7-8,14H2,1H3,(H,15,17). The molecule has 0 radical (unpaired) electrons. The summed E-state index contributed by atoms with van der Waals surface area (Å²) in [6.45, 7) is 0.915. The topological polar surface area (TPSA) is 84.7 Å². The molecule has 1 aromatic carbocycles. The van der Waals surface area contributed by atoms with Crippen molar-refractivity contribution in [3.63, 3.8) is 0 Å². The van der Waals surface area contributed by atoms with E-state index in [-0.39, 0.29) is 18.4 Å². The van der Waals surface area contributed by atoms with E-state index in [0.29, 0.717) is 25.3 Å². The molecule has 1 aliphatic rings. The predicted molar refractivity (Wildman–Crippen MR) is 71.8 cm³/mol. The van der Waals surface area contributed by atoms with Crippen LogP contribution in [0.2, 0.25) is 0 Å². The molecule has 2 amide bonds. The number of ether oxygens (including phenoxy) is 1. The molecule has 0 unspecified atom stereocenters. The maximum absolute atomic E-state index is 11.9. The highest BCUT2D eigenvalue weighted by Crippen LogP contribution is 2.29. The molecule has 3 N–H and O–H groups in total. The fraction of sp³-hybridized carbons (Fsp3) is 0.385. The van der Waals surface area contributed by atoms with Gasteiger partial charge in [0.1, 0.15) is 6.54 Å². The van der Waals surface area contributed by atoms with Crippen molar-refractivity contribution in [2.24, 2.45) is 0 Å². The van der Waals surface area contributed by atoms with Crippen LogP contribution in [0.15, 0.2) is 18.2 Å². The van der Waals surface area contributed by atoms with Crippen LogP contribution in [0.1, 0.15) is 5.56 Å². The van der Waals surface area contributed by atoms with E-state index in [1.807, 2.05) is 0 Å². The molecule has 0 saturated heterocycles. The van der Waals surface area contributed by atoms with Gasteiger partial charge in [-0.1, -0.05) is 0 Å². The van der Waals surface area contributed by atoms with Crippen LogP contribution >= 0.6 is 0 Å². The summed E-state index contributed by atoms with van der Waals surface area (Å²) in [6, 6.07) is 5.28. The summed E-state index contributed by atoms with van der Waals surface area (Å²) < 4.78 is 4.84. The highest BCUT2D eigenvalue weighted by molar-refractivity contribution is 6.05. The zero-order valence-corrected chi connectivity index (χ0v) is 10.8. The van der Waals surface area contributed by atoms with E-state index in [9.17, 15) is 9.59 Å². The van der Waals surface area contributed by atoms with Gasteiger partial charge in [0.2, 0.25) is 11.8 Å². The van der Waals surface area contributed by atoms with Gasteiger partial charge in [0.15, 0.2) is 0 Å². The lowest BCUT2D eigenvalue weighted by molar-refractivity contribution is -0.123. The summed E-state index contributed by atoms with van der Waals surface area (Å²) in [7, 11) is 1.57. The number of nitrogens with two attached hydrogens (primary N) is 1. The number of nitrogens with zero attached hydrogens (tertiary/aromatic N) is 1. The number of benzene rings is 1. The SMILES string of the molecule is COCCNC(=O)CN1C(=O)Cc2cc(N)ccc21. The number of carbonyl (C=O) groups is 2. The molecule has 102 valence electrons. The van der Waals surface area contributed by atoms with Crippen LogP contribution in [0.25, 0.3) is 0 Å². The third-order valence-corrected chi connectivity index (χ3v) is 2.97. The third kappa shape index (κ3) is 3.03. The van der Waals surface area contributed by atoms with E-state index in [1.165, 1.54) is 4.90 Å². The van der Waals surface area contributed by atoms with Gasteiger partial charge in [-0.05, 0) is 23.8 Å². The molecule has 1 heterocycles. The first-order valence-electron chi connectivity index (χ1n) is 6.06. The molecule has 0 aromatic heterocycles. The molecule has 0 fully saturated rings. The van der Waals surface area contributed by atoms with Crippen LogP contribution in [0.5, 0.6) is 0 Å². The zero-order valence-electron chi connectivity index (χ0n) is 10.8. The van der Waals surface area contributed by atoms with Gasteiger partial charge in [0.05, 0.1) is 13.0 Å². The highest BCUT2D eigenvalue weighted by Gasteiger charge is 2.28. The molecular weight excluding hydrogens is 246 g/mol. The molecule has 2 rings (SSSR count). The third-order valence-electron chi connectivity index (χ3n) is 2.97. The smallest absolute Gasteiger partial charge is 0.240 e. The molecule has 0 atom stereocenters. The summed E-state index contributed by atoms with van der Waals surface area (Å²) in [5.74, 6) is -0.280. The summed E-state index contributed by atoms with van der Waals surface area (Å²) >= 11 is 0. The zero-order chi connectivity index (χ0) is 13.8. The number of rotatable bonds is 5. The van der Waals surface area contributed by atoms with Crippen molar-refractivity contribution >= 4 is 23.2 Å². The number of methoxy groups -OCH3 is 1. The van der Waals surface area contributed by atoms with Gasteiger partial charge >= 0.3 is 0 Å². The van der Waals surface area contributed by atoms with Gasteiger partial charge < -0.3 is 20.7 Å². The van der Waals surface area contributed by atoms with Gasteiger partial charge in [-0.3, -0.25) is 9.59 Å². The summed E-state index contributed by atoms with van der Waals surface area (Å²) in [4.78, 5) is 25.1. The van der Waals surface area contributed by atoms with Crippen LogP contribution in [0, 0.1) is 0 Å². The average Bonchev–Trinajstić information content (AvgIpc) is 2.65. The fourth-order valence-electron chi connectivity index (χ4n) is 2.07. The second-order valence-corrected chi connectivity index (χ2v) is 4.39. The monoisotopic (exact) mass is 263 g/mol. The Morgan fingerprint density at radius 1 is 1.53 bits per heavy atom. The first kappa shape index (κ1) is 13.4. The van der Waals surface area contributed by atoms with Crippen LogP contribution in [-0.4, -0.2) is 38.6 Å². The molecule has 0 aliphatic carbocycles. The molecule has 0 spiro atoms. The number of fused-ring (bicyclic) bond motifs is 1. The summed E-state index contributed by atoms with van der Waals surface area (Å²) in [6.07, 6.45) is 0.297. The quantitative estimate of drug-likeness (QED) is 0.575. The van der Waals surface area contributed by atoms with Crippen molar-refractivity contribution in [1.29, 1.82) is 0 Å². The van der Waals surface area contributed by atoms with Crippen molar-refractivity contribution in [2.45, 2.75) is 6.42 Å². The van der Waals surface area contributed by atoms with Gasteiger partial charge in [0.25, 0.3) is 0 Å². The highest BCUT2D eigenvalue weighted by atomic mass is 16.5. The number of amides is 2. The molecule has 1 aromatic rings. The van der Waals surface area contributed by atoms with E-state index < -0.39 is 0 Å². The first-order chi connectivity index (χ1) is 9.11. The number of hydrogen-bond donors (Lipinski definition) is 2. The van der Waals surface area contributed by atoms with Crippen molar-refractivity contribution < 1.29 is 14.3 Å². The van der Waals surface area contributed by atoms with Gasteiger partial charge in [-0.15, -0.1) is 0 Å². The molecule has 1 aliphatic heterocycles. The minimum atomic E-state index is -0.199. The lowest BCUT2D eigenvalue weighted by Crippen LogP contribution is -2.39. The molecular formula is C13H17N3O3. The van der Waals surface area contributed by atoms with Gasteiger partial charge in [-0.2, -0.15) is 0 Å². The van der Waals surface area contributed by atoms with Crippen molar-refractivity contribution in [1.82, 2.24) is 5.32 Å². The molecule has 19 heavy (non-hydrogen) atoms. The Morgan fingerprint density at radius 2 is 2.32 bits per heavy atom. The van der Waals surface area contributed by atoms with Crippen LogP contribution in [-0.2, 0) is 20.7 Å². The van der Waals surface area contributed by atoms with Gasteiger partial charge in [0, 0.05) is 25.0 Å². The number of nitrogens with one attached hydrogen (secondary N) is 1. The lowest BCUT2D eigenvalue weighted by atomic mass is 10.1. The number of carbonyl (C=O) groups excluding carboxylic acids is 2. The number of anilines is 2. The van der Waals surface area contributed by atoms with Crippen LogP contribution < -0.4 is 16.0 Å². The average molecular weight is 263 g/mol. The maximum Gasteiger partial charge on any atom is 0.240 e. The Morgan fingerprint density at radius 3 is 3.05 bits per heavy atom. The van der Waals surface area contributed by atoms with Crippen LogP contribution in [0.3, 0.4) is 0 Å². The Hall–Kier alpha value is -2.08. The van der Waals surface area contributed by atoms with E-state index in [0.717, 1.165) is 11.3 Å². The summed E-state index contributed by atoms with van der Waals surface area (Å²) in [5, 5.41) is 2.69. The number of hydrogen-bond acceptors (Lipinski definition) is 4. The Kier molecular flexibility index (Phi) is 4.01. The predicted octanol–water partition coefficient (Wildman–Crippen LogP) is -0.0795. The molecule has 0 saturated carbocycles. The first-order valence-corrected chi connectivity index (χ1v) is 6.06. The summed E-state index contributed by atoms with van der Waals surface area (Å²) in [5.41, 5.74) is 7.94. The maximum atomic E-state index is 11.9. The normalized spacial score (nSPS) is 13.5. The Balaban J connectivity index is 2.02. The largest absolute Gasteiger partial charge is 0.399 e. The molecule has 6 nitrogen and oxygen atoms in total. The number of nitrogen functional groups attached to an aromatic ring is 1. The van der Waals surface area contributed by atoms with Crippen LogP contribution in [0.4, 0.5) is 11.4 Å². The second kappa shape index (κ2) is 5.71. The Bertz CT molecular complexity index is 502. The van der Waals surface area contributed by atoms with Crippen molar-refractivity contribution in [2.75, 3.05) is 37.4 Å².